The van der Waals surface area contributed by atoms with Crippen LogP contribution in [0.15, 0.2) is 42.5 Å². The molecule has 0 unspecified atom stereocenters. The summed E-state index contributed by atoms with van der Waals surface area (Å²) in [5.74, 6) is 1.14. The Balaban J connectivity index is 1.41. The molecule has 9 heteroatoms. The highest BCUT2D eigenvalue weighted by Crippen LogP contribution is 2.33. The van der Waals surface area contributed by atoms with Gasteiger partial charge in [0.2, 0.25) is 0 Å². The minimum Gasteiger partial charge on any atom is -0.496 e. The number of fused-ring (bicyclic) bond motifs is 1. The second-order valence-corrected chi connectivity index (χ2v) is 9.67. The number of benzene rings is 2. The van der Waals surface area contributed by atoms with E-state index in [1.54, 1.807) is 14.2 Å². The van der Waals surface area contributed by atoms with Crippen molar-refractivity contribution in [2.24, 2.45) is 0 Å². The number of nitrogen functional groups attached to an aromatic ring is 1. The van der Waals surface area contributed by atoms with E-state index in [1.807, 2.05) is 4.57 Å². The van der Waals surface area contributed by atoms with Crippen LogP contribution >= 0.6 is 0 Å². The highest BCUT2D eigenvalue weighted by Gasteiger charge is 2.19. The molecule has 2 N–H and O–H groups in total. The van der Waals surface area contributed by atoms with Crippen LogP contribution < -0.4 is 19.9 Å². The summed E-state index contributed by atoms with van der Waals surface area (Å²) in [6.45, 7) is 6.47. The molecule has 0 aliphatic carbocycles. The third-order valence-corrected chi connectivity index (χ3v) is 6.95. The molecular formula is C29H36N6O3. The van der Waals surface area contributed by atoms with Crippen LogP contribution in [0, 0.1) is 0 Å². The van der Waals surface area contributed by atoms with E-state index in [1.165, 1.54) is 31.5 Å². The van der Waals surface area contributed by atoms with Crippen LogP contribution in [0.4, 0.5) is 5.82 Å². The van der Waals surface area contributed by atoms with Crippen molar-refractivity contribution in [3.8, 4) is 28.9 Å². The van der Waals surface area contributed by atoms with Gasteiger partial charge in [0.25, 0.3) is 6.01 Å². The molecule has 1 fully saturated rings. The van der Waals surface area contributed by atoms with Gasteiger partial charge in [-0.1, -0.05) is 43.7 Å². The van der Waals surface area contributed by atoms with E-state index in [-0.39, 0.29) is 11.8 Å². The van der Waals surface area contributed by atoms with Crippen LogP contribution in [0.5, 0.6) is 17.8 Å². The van der Waals surface area contributed by atoms with Gasteiger partial charge in [-0.25, -0.2) is 0 Å². The Labute approximate surface area is 223 Å². The topological polar surface area (TPSA) is 101 Å². The molecule has 3 heterocycles. The van der Waals surface area contributed by atoms with Crippen molar-refractivity contribution in [1.29, 1.82) is 0 Å². The molecule has 0 spiro atoms. The van der Waals surface area contributed by atoms with Crippen LogP contribution in [0.1, 0.15) is 43.7 Å². The summed E-state index contributed by atoms with van der Waals surface area (Å²) in [6.07, 6.45) is 4.51. The van der Waals surface area contributed by atoms with Gasteiger partial charge in [0.15, 0.2) is 17.0 Å². The van der Waals surface area contributed by atoms with Crippen LogP contribution in [0.25, 0.3) is 22.3 Å². The van der Waals surface area contributed by atoms with Crippen molar-refractivity contribution in [1.82, 2.24) is 24.4 Å². The molecule has 2 aromatic heterocycles. The van der Waals surface area contributed by atoms with Gasteiger partial charge in [0.1, 0.15) is 5.75 Å². The standard InChI is InChI=1S/C29H36N6O3/c1-4-5-16-38-28-32-26(30)25-27(33-28)35(29(31-25)37-3)19-20-8-11-22(12-9-20)23-17-21(10-13-24(23)36-2)18-34-14-6-7-15-34/h8-13,17H,4-7,14-16,18-19H2,1-3H3,(H2,30,32,33). The van der Waals surface area contributed by atoms with Crippen LogP contribution in [0.3, 0.4) is 0 Å². The van der Waals surface area contributed by atoms with Crippen molar-refractivity contribution in [3.63, 3.8) is 0 Å². The molecule has 1 aliphatic heterocycles. The molecule has 0 radical (unpaired) electrons. The smallest absolute Gasteiger partial charge is 0.320 e. The van der Waals surface area contributed by atoms with Gasteiger partial charge < -0.3 is 19.9 Å². The van der Waals surface area contributed by atoms with Crippen molar-refractivity contribution < 1.29 is 14.2 Å². The molecule has 38 heavy (non-hydrogen) atoms. The summed E-state index contributed by atoms with van der Waals surface area (Å²) in [4.78, 5) is 15.9. The third kappa shape index (κ3) is 5.52. The van der Waals surface area contributed by atoms with E-state index in [0.717, 1.165) is 41.8 Å². The monoisotopic (exact) mass is 516 g/mol. The van der Waals surface area contributed by atoms with Crippen molar-refractivity contribution in [2.45, 2.75) is 45.7 Å². The average molecular weight is 517 g/mol. The molecule has 1 aliphatic rings. The van der Waals surface area contributed by atoms with E-state index in [2.05, 4.69) is 69.2 Å². The SMILES string of the molecule is CCCCOc1nc(N)c2nc(OC)n(Cc3ccc(-c4cc(CN5CCCC5)ccc4OC)cc3)c2n1. The van der Waals surface area contributed by atoms with Gasteiger partial charge in [0, 0.05) is 12.1 Å². The van der Waals surface area contributed by atoms with Crippen LogP contribution in [-0.4, -0.2) is 58.3 Å². The maximum atomic E-state index is 6.19. The summed E-state index contributed by atoms with van der Waals surface area (Å²) in [6, 6.07) is 15.6. The zero-order chi connectivity index (χ0) is 26.5. The number of ether oxygens (including phenoxy) is 3. The van der Waals surface area contributed by atoms with Crippen LogP contribution in [-0.2, 0) is 13.1 Å². The number of rotatable bonds is 11. The van der Waals surface area contributed by atoms with E-state index in [0.29, 0.717) is 30.3 Å². The molecule has 0 saturated carbocycles. The number of hydrogen-bond donors (Lipinski definition) is 1. The number of methoxy groups -OCH3 is 2. The lowest BCUT2D eigenvalue weighted by atomic mass is 10.00. The molecule has 9 nitrogen and oxygen atoms in total. The molecule has 200 valence electrons. The molecule has 4 aromatic rings. The summed E-state index contributed by atoms with van der Waals surface area (Å²) in [5.41, 5.74) is 11.8. The number of aromatic nitrogens is 4. The fourth-order valence-corrected chi connectivity index (χ4v) is 4.90. The van der Waals surface area contributed by atoms with Crippen molar-refractivity contribution >= 4 is 17.0 Å². The van der Waals surface area contributed by atoms with Gasteiger partial charge in [0.05, 0.1) is 27.4 Å². The molecule has 0 bridgehead atoms. The summed E-state index contributed by atoms with van der Waals surface area (Å²) >= 11 is 0. The summed E-state index contributed by atoms with van der Waals surface area (Å²) < 4.78 is 18.9. The number of anilines is 1. The minimum absolute atomic E-state index is 0.253. The number of unbranched alkanes of at least 4 members (excludes halogenated alkanes) is 1. The Kier molecular flexibility index (Phi) is 7.93. The average Bonchev–Trinajstić information content (AvgIpc) is 3.57. The van der Waals surface area contributed by atoms with Gasteiger partial charge in [-0.15, -0.1) is 0 Å². The minimum atomic E-state index is 0.253. The highest BCUT2D eigenvalue weighted by atomic mass is 16.5. The van der Waals surface area contributed by atoms with Gasteiger partial charge in [-0.3, -0.25) is 9.47 Å². The second-order valence-electron chi connectivity index (χ2n) is 9.67. The third-order valence-electron chi connectivity index (χ3n) is 6.95. The lowest BCUT2D eigenvalue weighted by molar-refractivity contribution is 0.286. The van der Waals surface area contributed by atoms with Crippen molar-refractivity contribution in [2.75, 3.05) is 39.6 Å². The van der Waals surface area contributed by atoms with Gasteiger partial charge in [-0.05, 0) is 61.2 Å². The fraction of sp³-hybridized carbons (Fsp3) is 0.414. The molecule has 0 atom stereocenters. The first-order valence-electron chi connectivity index (χ1n) is 13.3. The van der Waals surface area contributed by atoms with E-state index >= 15 is 0 Å². The maximum Gasteiger partial charge on any atom is 0.320 e. The number of imidazole rings is 1. The zero-order valence-corrected chi connectivity index (χ0v) is 22.4. The quantitative estimate of drug-likeness (QED) is 0.281. The van der Waals surface area contributed by atoms with E-state index in [4.69, 9.17) is 19.9 Å². The lowest BCUT2D eigenvalue weighted by Gasteiger charge is -2.17. The van der Waals surface area contributed by atoms with Crippen molar-refractivity contribution in [3.05, 3.63) is 53.6 Å². The fourth-order valence-electron chi connectivity index (χ4n) is 4.90. The molecule has 2 aromatic carbocycles. The van der Waals surface area contributed by atoms with Gasteiger partial charge >= 0.3 is 6.01 Å². The van der Waals surface area contributed by atoms with E-state index in [9.17, 15) is 0 Å². The Bertz CT molecular complexity index is 1380. The molecule has 5 rings (SSSR count). The number of nitrogens with zero attached hydrogens (tertiary/aromatic N) is 5. The predicted molar refractivity (Wildman–Crippen MR) is 149 cm³/mol. The second kappa shape index (κ2) is 11.7. The lowest BCUT2D eigenvalue weighted by Crippen LogP contribution is -2.18. The predicted octanol–water partition coefficient (Wildman–Crippen LogP) is 4.92. The number of hydrogen-bond acceptors (Lipinski definition) is 8. The largest absolute Gasteiger partial charge is 0.496 e. The van der Waals surface area contributed by atoms with Crippen LogP contribution in [0.2, 0.25) is 0 Å². The molecule has 0 amide bonds. The summed E-state index contributed by atoms with van der Waals surface area (Å²) in [5, 5.41) is 0. The summed E-state index contributed by atoms with van der Waals surface area (Å²) in [7, 11) is 3.31. The first-order valence-corrected chi connectivity index (χ1v) is 13.3. The first kappa shape index (κ1) is 25.8. The highest BCUT2D eigenvalue weighted by molar-refractivity contribution is 5.83. The Hall–Kier alpha value is -3.85. The zero-order valence-electron chi connectivity index (χ0n) is 22.4. The normalized spacial score (nSPS) is 13.8. The molecular weight excluding hydrogens is 480 g/mol. The van der Waals surface area contributed by atoms with E-state index < -0.39 is 0 Å². The Morgan fingerprint density at radius 2 is 1.66 bits per heavy atom. The molecule has 1 saturated heterocycles. The van der Waals surface area contributed by atoms with Gasteiger partial charge in [-0.2, -0.15) is 15.0 Å². The first-order chi connectivity index (χ1) is 18.6. The Morgan fingerprint density at radius 1 is 0.895 bits per heavy atom. The Morgan fingerprint density at radius 3 is 2.37 bits per heavy atom. The maximum absolute atomic E-state index is 6.19. The number of likely N-dealkylation sites (tertiary alicyclic amines) is 1. The number of nitrogens with two attached hydrogens (primary N) is 1.